The van der Waals surface area contributed by atoms with Crippen molar-refractivity contribution in [3.05, 3.63) is 12.7 Å². The van der Waals surface area contributed by atoms with Gasteiger partial charge in [-0.2, -0.15) is 0 Å². The molecule has 1 fully saturated rings. The van der Waals surface area contributed by atoms with Crippen LogP contribution >= 0.6 is 0 Å². The highest BCUT2D eigenvalue weighted by molar-refractivity contribution is 5.82. The van der Waals surface area contributed by atoms with Crippen molar-refractivity contribution in [3.63, 3.8) is 0 Å². The number of carbonyl (C=O) groups excluding carboxylic acids is 2. The summed E-state index contributed by atoms with van der Waals surface area (Å²) in [6.07, 6.45) is 14.7. The molecular formula is C21H36O4. The predicted octanol–water partition coefficient (Wildman–Crippen LogP) is 5.21. The van der Waals surface area contributed by atoms with Gasteiger partial charge in [-0.15, -0.1) is 0 Å². The molecule has 4 heteroatoms. The largest absolute Gasteiger partial charge is 0.465 e. The molecule has 0 spiro atoms. The van der Waals surface area contributed by atoms with Crippen molar-refractivity contribution >= 4 is 11.9 Å². The van der Waals surface area contributed by atoms with E-state index >= 15 is 0 Å². The molecule has 0 radical (unpaired) electrons. The average molecular weight is 353 g/mol. The van der Waals surface area contributed by atoms with Crippen LogP contribution in [0.15, 0.2) is 12.7 Å². The standard InChI is InChI=1S/C21H36O4/c1-3-5-6-7-8-9-10-13-17-25-21(23)19-15-12-11-14-18(19)20(22)24-16-4-2/h4,18-19H,2-3,5-17H2,1H3. The minimum Gasteiger partial charge on any atom is -0.465 e. The van der Waals surface area contributed by atoms with Crippen molar-refractivity contribution in [2.75, 3.05) is 13.2 Å². The van der Waals surface area contributed by atoms with E-state index in [9.17, 15) is 9.59 Å². The van der Waals surface area contributed by atoms with E-state index in [2.05, 4.69) is 13.5 Å². The molecule has 0 amide bonds. The molecule has 0 aromatic carbocycles. The Kier molecular flexibility index (Phi) is 12.1. The van der Waals surface area contributed by atoms with Gasteiger partial charge in [0.1, 0.15) is 6.61 Å². The van der Waals surface area contributed by atoms with Crippen molar-refractivity contribution < 1.29 is 19.1 Å². The molecule has 25 heavy (non-hydrogen) atoms. The Bertz CT molecular complexity index is 391. The summed E-state index contributed by atoms with van der Waals surface area (Å²) >= 11 is 0. The fraction of sp³-hybridized carbons (Fsp3) is 0.810. The second-order valence-electron chi connectivity index (χ2n) is 7.06. The zero-order valence-corrected chi connectivity index (χ0v) is 16.0. The molecule has 144 valence electrons. The Morgan fingerprint density at radius 2 is 1.40 bits per heavy atom. The predicted molar refractivity (Wildman–Crippen MR) is 100 cm³/mol. The van der Waals surface area contributed by atoms with Crippen LogP contribution in [0, 0.1) is 11.8 Å². The van der Waals surface area contributed by atoms with Gasteiger partial charge in [-0.1, -0.05) is 77.4 Å². The van der Waals surface area contributed by atoms with Gasteiger partial charge in [0.25, 0.3) is 0 Å². The summed E-state index contributed by atoms with van der Waals surface area (Å²) in [5, 5.41) is 0. The molecule has 2 unspecified atom stereocenters. The first-order valence-corrected chi connectivity index (χ1v) is 10.1. The van der Waals surface area contributed by atoms with Crippen molar-refractivity contribution in [1.82, 2.24) is 0 Å². The second-order valence-corrected chi connectivity index (χ2v) is 7.06. The van der Waals surface area contributed by atoms with E-state index in [0.717, 1.165) is 32.1 Å². The summed E-state index contributed by atoms with van der Waals surface area (Å²) in [4.78, 5) is 24.5. The lowest BCUT2D eigenvalue weighted by Gasteiger charge is -2.28. The fourth-order valence-corrected chi connectivity index (χ4v) is 3.46. The summed E-state index contributed by atoms with van der Waals surface area (Å²) in [6.45, 7) is 6.45. The van der Waals surface area contributed by atoms with Crippen LogP contribution in [0.5, 0.6) is 0 Å². The molecule has 0 heterocycles. The molecule has 0 bridgehead atoms. The maximum atomic E-state index is 12.3. The number of rotatable bonds is 13. The zero-order chi connectivity index (χ0) is 18.3. The van der Waals surface area contributed by atoms with Crippen LogP contribution in [0.25, 0.3) is 0 Å². The maximum Gasteiger partial charge on any atom is 0.310 e. The molecule has 4 nitrogen and oxygen atoms in total. The number of hydrogen-bond acceptors (Lipinski definition) is 4. The molecule has 1 rings (SSSR count). The van der Waals surface area contributed by atoms with Gasteiger partial charge in [0.2, 0.25) is 0 Å². The number of hydrogen-bond donors (Lipinski definition) is 0. The highest BCUT2D eigenvalue weighted by Gasteiger charge is 2.37. The molecule has 1 saturated carbocycles. The van der Waals surface area contributed by atoms with Crippen molar-refractivity contribution in [3.8, 4) is 0 Å². The zero-order valence-electron chi connectivity index (χ0n) is 16.0. The van der Waals surface area contributed by atoms with Crippen LogP contribution in [0.1, 0.15) is 84.0 Å². The van der Waals surface area contributed by atoms with Gasteiger partial charge in [0.15, 0.2) is 0 Å². The molecule has 2 atom stereocenters. The molecule has 0 aromatic rings. The van der Waals surface area contributed by atoms with Gasteiger partial charge < -0.3 is 9.47 Å². The van der Waals surface area contributed by atoms with Crippen LogP contribution in [-0.4, -0.2) is 25.2 Å². The number of esters is 2. The van der Waals surface area contributed by atoms with Gasteiger partial charge >= 0.3 is 11.9 Å². The summed E-state index contributed by atoms with van der Waals surface area (Å²) in [7, 11) is 0. The van der Waals surface area contributed by atoms with Crippen LogP contribution in [0.2, 0.25) is 0 Å². The van der Waals surface area contributed by atoms with E-state index in [1.807, 2.05) is 0 Å². The minimum absolute atomic E-state index is 0.204. The van der Waals surface area contributed by atoms with E-state index in [-0.39, 0.29) is 30.4 Å². The molecule has 0 saturated heterocycles. The Morgan fingerprint density at radius 3 is 1.96 bits per heavy atom. The van der Waals surface area contributed by atoms with Gasteiger partial charge in [-0.3, -0.25) is 9.59 Å². The number of ether oxygens (including phenoxy) is 2. The molecule has 0 aromatic heterocycles. The molecule has 1 aliphatic rings. The minimum atomic E-state index is -0.347. The number of carbonyl (C=O) groups is 2. The third-order valence-electron chi connectivity index (χ3n) is 4.96. The normalized spacial score (nSPS) is 20.0. The van der Waals surface area contributed by atoms with Crippen LogP contribution in [0.4, 0.5) is 0 Å². The first-order valence-electron chi connectivity index (χ1n) is 10.1. The number of unbranched alkanes of at least 4 members (excludes halogenated alkanes) is 7. The second kappa shape index (κ2) is 13.9. The van der Waals surface area contributed by atoms with E-state index < -0.39 is 0 Å². The quantitative estimate of drug-likeness (QED) is 0.259. The van der Waals surface area contributed by atoms with E-state index in [1.54, 1.807) is 6.08 Å². The smallest absolute Gasteiger partial charge is 0.310 e. The molecule has 0 aliphatic heterocycles. The SMILES string of the molecule is C=CCOC(=O)C1CCCCC1C(=O)OCCCCCCCCCC. The Hall–Kier alpha value is -1.32. The third-order valence-corrected chi connectivity index (χ3v) is 4.96. The van der Waals surface area contributed by atoms with Gasteiger partial charge in [-0.25, -0.2) is 0 Å². The average Bonchev–Trinajstić information content (AvgIpc) is 2.64. The summed E-state index contributed by atoms with van der Waals surface area (Å²) in [5.41, 5.74) is 0. The lowest BCUT2D eigenvalue weighted by atomic mass is 9.79. The molecule has 1 aliphatic carbocycles. The van der Waals surface area contributed by atoms with Crippen molar-refractivity contribution in [1.29, 1.82) is 0 Å². The summed E-state index contributed by atoms with van der Waals surface area (Å²) in [6, 6.07) is 0. The van der Waals surface area contributed by atoms with E-state index in [4.69, 9.17) is 9.47 Å². The van der Waals surface area contributed by atoms with Crippen LogP contribution in [-0.2, 0) is 19.1 Å². The first kappa shape index (κ1) is 21.7. The Morgan fingerprint density at radius 1 is 0.880 bits per heavy atom. The summed E-state index contributed by atoms with van der Waals surface area (Å²) < 4.78 is 10.6. The topological polar surface area (TPSA) is 52.6 Å². The monoisotopic (exact) mass is 352 g/mol. The van der Waals surface area contributed by atoms with Gasteiger partial charge in [-0.05, 0) is 19.3 Å². The lowest BCUT2D eigenvalue weighted by molar-refractivity contribution is -0.162. The van der Waals surface area contributed by atoms with Gasteiger partial charge in [0, 0.05) is 0 Å². The highest BCUT2D eigenvalue weighted by atomic mass is 16.5. The molecular weight excluding hydrogens is 316 g/mol. The summed E-state index contributed by atoms with van der Waals surface area (Å²) in [5.74, 6) is -1.18. The first-order chi connectivity index (χ1) is 12.2. The van der Waals surface area contributed by atoms with E-state index in [0.29, 0.717) is 13.0 Å². The third kappa shape index (κ3) is 9.08. The maximum absolute atomic E-state index is 12.3. The van der Waals surface area contributed by atoms with E-state index in [1.165, 1.54) is 38.5 Å². The highest BCUT2D eigenvalue weighted by Crippen LogP contribution is 2.32. The Labute approximate surface area is 153 Å². The fourth-order valence-electron chi connectivity index (χ4n) is 3.46. The molecule has 0 N–H and O–H groups in total. The van der Waals surface area contributed by atoms with Crippen LogP contribution < -0.4 is 0 Å². The van der Waals surface area contributed by atoms with Gasteiger partial charge in [0.05, 0.1) is 18.4 Å². The van der Waals surface area contributed by atoms with Crippen molar-refractivity contribution in [2.45, 2.75) is 84.0 Å². The van der Waals surface area contributed by atoms with Crippen LogP contribution in [0.3, 0.4) is 0 Å². The van der Waals surface area contributed by atoms with Crippen molar-refractivity contribution in [2.24, 2.45) is 11.8 Å². The lowest BCUT2D eigenvalue weighted by Crippen LogP contribution is -2.35. The Balaban J connectivity index is 2.20.